The largest absolute Gasteiger partial charge is 0.484 e. The van der Waals surface area contributed by atoms with Crippen LogP contribution in [-0.2, 0) is 14.9 Å². The molecule has 3 aromatic rings. The monoisotopic (exact) mass is 437 g/mol. The molecule has 0 saturated heterocycles. The van der Waals surface area contributed by atoms with Crippen molar-refractivity contribution in [3.05, 3.63) is 71.8 Å². The van der Waals surface area contributed by atoms with E-state index in [1.807, 2.05) is 54.6 Å². The van der Waals surface area contributed by atoms with Gasteiger partial charge in [0, 0.05) is 4.88 Å². The number of nitrogens with one attached hydrogen (secondary N) is 1. The fraction of sp³-hybridized carbons (Fsp3) is 0.280. The molecule has 0 atom stereocenters. The molecular formula is C25H27NO4S. The van der Waals surface area contributed by atoms with Crippen molar-refractivity contribution in [2.75, 3.05) is 18.5 Å². The van der Waals surface area contributed by atoms with E-state index in [4.69, 9.17) is 9.47 Å². The van der Waals surface area contributed by atoms with E-state index in [0.29, 0.717) is 16.3 Å². The average molecular weight is 438 g/mol. The smallest absolute Gasteiger partial charge is 0.341 e. The Labute approximate surface area is 187 Å². The minimum atomic E-state index is -0.463. The Morgan fingerprint density at radius 3 is 2.29 bits per heavy atom. The van der Waals surface area contributed by atoms with Crippen LogP contribution in [0, 0.1) is 0 Å². The zero-order valence-corrected chi connectivity index (χ0v) is 19.0. The maximum Gasteiger partial charge on any atom is 0.341 e. The summed E-state index contributed by atoms with van der Waals surface area (Å²) in [5, 5.41) is 3.25. The van der Waals surface area contributed by atoms with Crippen molar-refractivity contribution in [1.82, 2.24) is 0 Å². The Kier molecular flexibility index (Phi) is 7.13. The van der Waals surface area contributed by atoms with Gasteiger partial charge in [-0.25, -0.2) is 4.79 Å². The van der Waals surface area contributed by atoms with Crippen molar-refractivity contribution in [3.63, 3.8) is 0 Å². The molecule has 0 bridgehead atoms. The predicted molar refractivity (Wildman–Crippen MR) is 125 cm³/mol. The molecular weight excluding hydrogens is 410 g/mol. The Balaban J connectivity index is 1.71. The van der Waals surface area contributed by atoms with Crippen molar-refractivity contribution in [3.8, 4) is 16.2 Å². The fourth-order valence-corrected chi connectivity index (χ4v) is 4.02. The molecule has 162 valence electrons. The molecule has 0 aliphatic heterocycles. The second kappa shape index (κ2) is 9.79. The molecule has 2 aromatic carbocycles. The summed E-state index contributed by atoms with van der Waals surface area (Å²) in [5.74, 6) is -0.188. The summed E-state index contributed by atoms with van der Waals surface area (Å²) in [7, 11) is 0. The van der Waals surface area contributed by atoms with Gasteiger partial charge in [0.1, 0.15) is 10.8 Å². The van der Waals surface area contributed by atoms with Crippen LogP contribution in [-0.4, -0.2) is 25.1 Å². The summed E-state index contributed by atoms with van der Waals surface area (Å²) in [6.07, 6.45) is 0. The van der Waals surface area contributed by atoms with Gasteiger partial charge in [0.2, 0.25) is 0 Å². The van der Waals surface area contributed by atoms with Crippen LogP contribution in [0.25, 0.3) is 10.4 Å². The van der Waals surface area contributed by atoms with Gasteiger partial charge in [-0.05, 0) is 41.7 Å². The van der Waals surface area contributed by atoms with Gasteiger partial charge in [-0.1, -0.05) is 63.2 Å². The Morgan fingerprint density at radius 1 is 1.00 bits per heavy atom. The quantitative estimate of drug-likeness (QED) is 0.467. The predicted octanol–water partition coefficient (Wildman–Crippen LogP) is 5.91. The van der Waals surface area contributed by atoms with Crippen LogP contribution in [0.2, 0.25) is 0 Å². The van der Waals surface area contributed by atoms with Crippen molar-refractivity contribution >= 4 is 28.2 Å². The van der Waals surface area contributed by atoms with Crippen molar-refractivity contribution in [2.45, 2.75) is 33.1 Å². The zero-order valence-electron chi connectivity index (χ0n) is 18.2. The number of rotatable bonds is 7. The van der Waals surface area contributed by atoms with Gasteiger partial charge in [0.15, 0.2) is 6.61 Å². The minimum Gasteiger partial charge on any atom is -0.484 e. The van der Waals surface area contributed by atoms with Crippen LogP contribution < -0.4 is 10.1 Å². The van der Waals surface area contributed by atoms with E-state index in [2.05, 4.69) is 26.1 Å². The maximum absolute atomic E-state index is 12.5. The standard InChI is InChI=1S/C25H27NO4S/c1-5-29-24(28)20-15-21(17-9-7-6-8-10-17)31-23(20)26-22(27)16-30-19-13-11-18(12-14-19)25(2,3)4/h6-15H,5,16H2,1-4H3,(H,26,27). The van der Waals surface area contributed by atoms with Gasteiger partial charge >= 0.3 is 5.97 Å². The number of esters is 1. The van der Waals surface area contributed by atoms with Gasteiger partial charge < -0.3 is 14.8 Å². The highest BCUT2D eigenvalue weighted by Gasteiger charge is 2.20. The van der Waals surface area contributed by atoms with Gasteiger partial charge in [-0.2, -0.15) is 0 Å². The molecule has 1 aromatic heterocycles. The lowest BCUT2D eigenvalue weighted by atomic mass is 9.87. The third kappa shape index (κ3) is 5.95. The number of ether oxygens (including phenoxy) is 2. The number of hydrogen-bond donors (Lipinski definition) is 1. The molecule has 0 unspecified atom stereocenters. The maximum atomic E-state index is 12.5. The second-order valence-corrected chi connectivity index (χ2v) is 9.10. The van der Waals surface area contributed by atoms with E-state index < -0.39 is 5.97 Å². The van der Waals surface area contributed by atoms with E-state index in [9.17, 15) is 9.59 Å². The van der Waals surface area contributed by atoms with Crippen molar-refractivity contribution in [2.24, 2.45) is 0 Å². The number of carbonyl (C=O) groups excluding carboxylic acids is 2. The van der Waals surface area contributed by atoms with Crippen LogP contribution in [0.5, 0.6) is 5.75 Å². The SMILES string of the molecule is CCOC(=O)c1cc(-c2ccccc2)sc1NC(=O)COc1ccc(C(C)(C)C)cc1. The lowest BCUT2D eigenvalue weighted by Crippen LogP contribution is -2.21. The van der Waals surface area contributed by atoms with Gasteiger partial charge in [0.05, 0.1) is 12.2 Å². The highest BCUT2D eigenvalue weighted by atomic mass is 32.1. The minimum absolute atomic E-state index is 0.0506. The first-order valence-corrected chi connectivity index (χ1v) is 11.0. The molecule has 0 aliphatic carbocycles. The van der Waals surface area contributed by atoms with E-state index >= 15 is 0 Å². The number of benzene rings is 2. The number of anilines is 1. The topological polar surface area (TPSA) is 64.6 Å². The first-order valence-electron chi connectivity index (χ1n) is 10.2. The summed E-state index contributed by atoms with van der Waals surface area (Å²) < 4.78 is 10.8. The molecule has 0 radical (unpaired) electrons. The van der Waals surface area contributed by atoms with Crippen LogP contribution in [0.4, 0.5) is 5.00 Å². The first-order chi connectivity index (χ1) is 14.8. The molecule has 6 heteroatoms. The average Bonchev–Trinajstić information content (AvgIpc) is 3.16. The van der Waals surface area contributed by atoms with Crippen molar-refractivity contribution in [1.29, 1.82) is 0 Å². The Morgan fingerprint density at radius 2 is 1.68 bits per heavy atom. The Hall–Kier alpha value is -3.12. The van der Waals surface area contributed by atoms with E-state index in [0.717, 1.165) is 10.4 Å². The fourth-order valence-electron chi connectivity index (χ4n) is 2.95. The van der Waals surface area contributed by atoms with E-state index in [1.165, 1.54) is 16.9 Å². The lowest BCUT2D eigenvalue weighted by molar-refractivity contribution is -0.118. The summed E-state index contributed by atoms with van der Waals surface area (Å²) in [5.41, 5.74) is 2.55. The molecule has 1 N–H and O–H groups in total. The molecule has 5 nitrogen and oxygen atoms in total. The first kappa shape index (κ1) is 22.6. The summed E-state index contributed by atoms with van der Waals surface area (Å²) in [6, 6.07) is 19.2. The highest BCUT2D eigenvalue weighted by Crippen LogP contribution is 2.36. The van der Waals surface area contributed by atoms with Crippen molar-refractivity contribution < 1.29 is 19.1 Å². The zero-order chi connectivity index (χ0) is 22.4. The van der Waals surface area contributed by atoms with Gasteiger partial charge in [-0.3, -0.25) is 4.79 Å². The number of hydrogen-bond acceptors (Lipinski definition) is 5. The third-order valence-electron chi connectivity index (χ3n) is 4.63. The molecule has 0 spiro atoms. The Bertz CT molecular complexity index is 1030. The molecule has 31 heavy (non-hydrogen) atoms. The summed E-state index contributed by atoms with van der Waals surface area (Å²) >= 11 is 1.33. The normalized spacial score (nSPS) is 11.1. The van der Waals surface area contributed by atoms with Crippen LogP contribution in [0.3, 0.4) is 0 Å². The highest BCUT2D eigenvalue weighted by molar-refractivity contribution is 7.20. The van der Waals surface area contributed by atoms with Crippen LogP contribution >= 0.6 is 11.3 Å². The molecule has 3 rings (SSSR count). The van der Waals surface area contributed by atoms with Gasteiger partial charge in [0.25, 0.3) is 5.91 Å². The number of carbonyl (C=O) groups is 2. The molecule has 0 aliphatic rings. The summed E-state index contributed by atoms with van der Waals surface area (Å²) in [6.45, 7) is 8.28. The number of thiophene rings is 1. The third-order valence-corrected chi connectivity index (χ3v) is 5.73. The summed E-state index contributed by atoms with van der Waals surface area (Å²) in [4.78, 5) is 25.8. The van der Waals surface area contributed by atoms with Gasteiger partial charge in [-0.15, -0.1) is 11.3 Å². The second-order valence-electron chi connectivity index (χ2n) is 8.05. The lowest BCUT2D eigenvalue weighted by Gasteiger charge is -2.19. The van der Waals surface area contributed by atoms with E-state index in [-0.39, 0.29) is 24.5 Å². The van der Waals surface area contributed by atoms with Crippen LogP contribution in [0.1, 0.15) is 43.6 Å². The molecule has 0 fully saturated rings. The van der Waals surface area contributed by atoms with Crippen LogP contribution in [0.15, 0.2) is 60.7 Å². The number of amides is 1. The molecule has 0 saturated carbocycles. The molecule has 1 heterocycles. The molecule has 1 amide bonds. The van der Waals surface area contributed by atoms with E-state index in [1.54, 1.807) is 13.0 Å².